The quantitative estimate of drug-likeness (QED) is 0.868. The van der Waals surface area contributed by atoms with Gasteiger partial charge in [-0.3, -0.25) is 5.41 Å². The molecule has 3 heteroatoms. The van der Waals surface area contributed by atoms with Crippen LogP contribution in [-0.4, -0.2) is 5.84 Å². The molecule has 0 bridgehead atoms. The highest BCUT2D eigenvalue weighted by atomic mass is 19.1. The summed E-state index contributed by atoms with van der Waals surface area (Å²) in [5.74, 6) is 0.101. The second-order valence-corrected chi connectivity index (χ2v) is 4.72. The highest BCUT2D eigenvalue weighted by Gasteiger charge is 2.26. The van der Waals surface area contributed by atoms with Crippen LogP contribution in [0.3, 0.4) is 0 Å². The summed E-state index contributed by atoms with van der Waals surface area (Å²) in [6, 6.07) is 12.8. The van der Waals surface area contributed by atoms with E-state index >= 15 is 0 Å². The molecule has 0 saturated heterocycles. The summed E-state index contributed by atoms with van der Waals surface area (Å²) in [5.41, 5.74) is 3.97. The van der Waals surface area contributed by atoms with Crippen molar-refractivity contribution in [2.75, 3.05) is 4.90 Å². The normalized spacial score (nSPS) is 13.8. The van der Waals surface area contributed by atoms with E-state index < -0.39 is 0 Å². The Kier molecular flexibility index (Phi) is 2.82. The average molecular weight is 254 g/mol. The van der Waals surface area contributed by atoms with Crippen LogP contribution in [-0.2, 0) is 13.0 Å². The number of fused-ring (bicyclic) bond motifs is 1. The zero-order valence-electron chi connectivity index (χ0n) is 10.8. The van der Waals surface area contributed by atoms with E-state index in [0.717, 1.165) is 17.7 Å². The number of hydrogen-bond acceptors (Lipinski definition) is 1. The van der Waals surface area contributed by atoms with Crippen LogP contribution in [0.15, 0.2) is 42.5 Å². The molecule has 0 unspecified atom stereocenters. The third-order valence-corrected chi connectivity index (χ3v) is 3.59. The van der Waals surface area contributed by atoms with E-state index in [1.165, 1.54) is 17.7 Å². The molecule has 1 N–H and O–H groups in total. The number of nitrogens with zero attached hydrogens (tertiary/aromatic N) is 1. The van der Waals surface area contributed by atoms with Crippen LogP contribution in [0.2, 0.25) is 0 Å². The first-order valence-corrected chi connectivity index (χ1v) is 6.43. The largest absolute Gasteiger partial charge is 0.322 e. The molecule has 0 radical (unpaired) electrons. The number of nitrogens with one attached hydrogen (secondary N) is 1. The third-order valence-electron chi connectivity index (χ3n) is 3.59. The van der Waals surface area contributed by atoms with Crippen LogP contribution in [0, 0.1) is 11.2 Å². The van der Waals surface area contributed by atoms with E-state index in [4.69, 9.17) is 5.41 Å². The van der Waals surface area contributed by atoms with Gasteiger partial charge in [0, 0.05) is 11.3 Å². The molecule has 0 aromatic heterocycles. The zero-order chi connectivity index (χ0) is 13.4. The molecule has 19 heavy (non-hydrogen) atoms. The minimum atomic E-state index is -0.283. The number of anilines is 1. The monoisotopic (exact) mass is 254 g/mol. The molecule has 0 fully saturated rings. The predicted octanol–water partition coefficient (Wildman–Crippen LogP) is 3.73. The lowest BCUT2D eigenvalue weighted by molar-refractivity contribution is 0.627. The van der Waals surface area contributed by atoms with Gasteiger partial charge in [-0.1, -0.05) is 31.2 Å². The highest BCUT2D eigenvalue weighted by Crippen LogP contribution is 2.31. The number of aryl methyl sites for hydroxylation is 1. The third kappa shape index (κ3) is 1.91. The van der Waals surface area contributed by atoms with Crippen molar-refractivity contribution in [2.45, 2.75) is 19.9 Å². The number of para-hydroxylation sites is 1. The lowest BCUT2D eigenvalue weighted by Crippen LogP contribution is -2.24. The Hall–Kier alpha value is -2.16. The van der Waals surface area contributed by atoms with E-state index in [-0.39, 0.29) is 5.82 Å². The smallest absolute Gasteiger partial charge is 0.133 e. The molecule has 0 atom stereocenters. The van der Waals surface area contributed by atoms with Crippen molar-refractivity contribution in [2.24, 2.45) is 0 Å². The summed E-state index contributed by atoms with van der Waals surface area (Å²) in [4.78, 5) is 1.95. The molecule has 1 aliphatic heterocycles. The maximum atomic E-state index is 13.3. The van der Waals surface area contributed by atoms with E-state index in [1.807, 2.05) is 23.1 Å². The van der Waals surface area contributed by atoms with Crippen molar-refractivity contribution in [1.29, 1.82) is 5.41 Å². The molecule has 1 heterocycles. The van der Waals surface area contributed by atoms with Gasteiger partial charge < -0.3 is 4.90 Å². The lowest BCUT2D eigenvalue weighted by Gasteiger charge is -2.21. The maximum Gasteiger partial charge on any atom is 0.133 e. The first-order valence-electron chi connectivity index (χ1n) is 6.43. The fourth-order valence-corrected chi connectivity index (χ4v) is 2.58. The molecule has 0 amide bonds. The Morgan fingerprint density at radius 1 is 1.21 bits per heavy atom. The minimum absolute atomic E-state index is 0.283. The number of amidine groups is 1. The molecule has 0 saturated carbocycles. The topological polar surface area (TPSA) is 27.1 Å². The van der Waals surface area contributed by atoms with Gasteiger partial charge in [0.15, 0.2) is 0 Å². The second-order valence-electron chi connectivity index (χ2n) is 4.72. The van der Waals surface area contributed by atoms with Crippen LogP contribution in [0.5, 0.6) is 0 Å². The van der Waals surface area contributed by atoms with E-state index in [9.17, 15) is 4.39 Å². The van der Waals surface area contributed by atoms with Gasteiger partial charge >= 0.3 is 0 Å². The van der Waals surface area contributed by atoms with E-state index in [1.54, 1.807) is 6.07 Å². The van der Waals surface area contributed by atoms with Crippen LogP contribution >= 0.6 is 0 Å². The Bertz CT molecular complexity index is 649. The second kappa shape index (κ2) is 4.50. The number of hydrogen-bond donors (Lipinski definition) is 1. The molecule has 3 rings (SSSR count). The molecular weight excluding hydrogens is 239 g/mol. The SMILES string of the molecule is CCc1ccccc1N1Cc2ccc(F)cc2C1=N. The molecule has 1 aliphatic rings. The summed E-state index contributed by atoms with van der Waals surface area (Å²) in [7, 11) is 0. The predicted molar refractivity (Wildman–Crippen MR) is 75.2 cm³/mol. The van der Waals surface area contributed by atoms with E-state index in [2.05, 4.69) is 13.0 Å². The summed E-state index contributed by atoms with van der Waals surface area (Å²) < 4.78 is 13.3. The molecule has 2 aromatic carbocycles. The summed E-state index contributed by atoms with van der Waals surface area (Å²) in [5, 5.41) is 8.25. The van der Waals surface area contributed by atoms with Gasteiger partial charge in [0.25, 0.3) is 0 Å². The van der Waals surface area contributed by atoms with Crippen LogP contribution in [0.25, 0.3) is 0 Å². The molecule has 96 valence electrons. The van der Waals surface area contributed by atoms with Crippen molar-refractivity contribution in [3.8, 4) is 0 Å². The molecule has 0 aliphatic carbocycles. The minimum Gasteiger partial charge on any atom is -0.322 e. The van der Waals surface area contributed by atoms with E-state index in [0.29, 0.717) is 17.9 Å². The van der Waals surface area contributed by atoms with Crippen molar-refractivity contribution >= 4 is 11.5 Å². The Morgan fingerprint density at radius 3 is 2.79 bits per heavy atom. The van der Waals surface area contributed by atoms with Gasteiger partial charge in [-0.25, -0.2) is 4.39 Å². The summed E-state index contributed by atoms with van der Waals surface area (Å²) in [6.45, 7) is 2.75. The zero-order valence-corrected chi connectivity index (χ0v) is 10.8. The van der Waals surface area contributed by atoms with Gasteiger partial charge in [-0.2, -0.15) is 0 Å². The van der Waals surface area contributed by atoms with Crippen LogP contribution in [0.1, 0.15) is 23.6 Å². The molecule has 2 aromatic rings. The van der Waals surface area contributed by atoms with Crippen molar-refractivity contribution in [3.63, 3.8) is 0 Å². The van der Waals surface area contributed by atoms with Gasteiger partial charge in [0.1, 0.15) is 11.7 Å². The Balaban J connectivity index is 2.04. The summed E-state index contributed by atoms with van der Waals surface area (Å²) >= 11 is 0. The fraction of sp³-hybridized carbons (Fsp3) is 0.188. The van der Waals surface area contributed by atoms with Gasteiger partial charge in [-0.15, -0.1) is 0 Å². The first-order chi connectivity index (χ1) is 9.20. The van der Waals surface area contributed by atoms with Gasteiger partial charge in [-0.05, 0) is 35.7 Å². The fourth-order valence-electron chi connectivity index (χ4n) is 2.58. The number of benzene rings is 2. The van der Waals surface area contributed by atoms with Crippen molar-refractivity contribution in [1.82, 2.24) is 0 Å². The highest BCUT2D eigenvalue weighted by molar-refractivity contribution is 6.12. The molecule has 2 nitrogen and oxygen atoms in total. The molecule has 0 spiro atoms. The van der Waals surface area contributed by atoms with Gasteiger partial charge in [0.05, 0.1) is 6.54 Å². The first kappa shape index (κ1) is 11.9. The maximum absolute atomic E-state index is 13.3. The van der Waals surface area contributed by atoms with Crippen molar-refractivity contribution in [3.05, 3.63) is 65.0 Å². The van der Waals surface area contributed by atoms with Gasteiger partial charge in [0.2, 0.25) is 0 Å². The lowest BCUT2D eigenvalue weighted by atomic mass is 10.1. The van der Waals surface area contributed by atoms with Crippen LogP contribution in [0.4, 0.5) is 10.1 Å². The summed E-state index contributed by atoms with van der Waals surface area (Å²) in [6.07, 6.45) is 0.921. The number of halogens is 1. The number of rotatable bonds is 2. The Morgan fingerprint density at radius 2 is 2.00 bits per heavy atom. The standard InChI is InChI=1S/C16H15FN2/c1-2-11-5-3-4-6-15(11)19-10-12-7-8-13(17)9-14(12)16(19)18/h3-9,18H,2,10H2,1H3. The average Bonchev–Trinajstić information content (AvgIpc) is 2.76. The Labute approximate surface area is 112 Å². The molecular formula is C16H15FN2. The van der Waals surface area contributed by atoms with Crippen molar-refractivity contribution < 1.29 is 4.39 Å². The van der Waals surface area contributed by atoms with Crippen LogP contribution < -0.4 is 4.90 Å².